The van der Waals surface area contributed by atoms with Crippen LogP contribution in [-0.4, -0.2) is 51.2 Å². The fourth-order valence-corrected chi connectivity index (χ4v) is 3.82. The van der Waals surface area contributed by atoms with Crippen molar-refractivity contribution >= 4 is 33.0 Å². The predicted octanol–water partition coefficient (Wildman–Crippen LogP) is 3.30. The van der Waals surface area contributed by atoms with E-state index in [9.17, 15) is 22.0 Å². The lowest BCUT2D eigenvalue weighted by molar-refractivity contribution is 0.0746. The van der Waals surface area contributed by atoms with Crippen LogP contribution < -0.4 is 4.90 Å². The summed E-state index contributed by atoms with van der Waals surface area (Å²) in [5.41, 5.74) is 1.25. The number of benzene rings is 2. The molecule has 27 heavy (non-hydrogen) atoms. The molecule has 3 rings (SSSR count). The Balaban J connectivity index is 1.66. The van der Waals surface area contributed by atoms with Gasteiger partial charge in [-0.15, -0.1) is 0 Å². The summed E-state index contributed by atoms with van der Waals surface area (Å²) in [6, 6.07) is 12.1. The van der Waals surface area contributed by atoms with E-state index in [1.165, 1.54) is 12.1 Å². The van der Waals surface area contributed by atoms with Gasteiger partial charge in [0.15, 0.2) is 0 Å². The summed E-state index contributed by atoms with van der Waals surface area (Å²) in [5.74, 6) is -3.75. The number of nitrogens with zero attached hydrogens (tertiary/aromatic N) is 2. The number of carbonyl (C=O) groups excluding carboxylic acids is 1. The third-order valence-electron chi connectivity index (χ3n) is 4.40. The van der Waals surface area contributed by atoms with E-state index in [4.69, 9.17) is 11.6 Å². The van der Waals surface area contributed by atoms with Crippen LogP contribution >= 0.6 is 11.6 Å². The van der Waals surface area contributed by atoms with Crippen LogP contribution in [0.1, 0.15) is 10.4 Å². The second kappa shape index (κ2) is 7.82. The summed E-state index contributed by atoms with van der Waals surface area (Å²) in [4.78, 5) is 15.8. The van der Waals surface area contributed by atoms with Crippen LogP contribution in [0.2, 0.25) is 5.02 Å². The number of piperazine rings is 1. The molecule has 2 aromatic carbocycles. The van der Waals surface area contributed by atoms with Crippen LogP contribution in [0.3, 0.4) is 0 Å². The summed E-state index contributed by atoms with van der Waals surface area (Å²) < 4.78 is 48.0. The van der Waals surface area contributed by atoms with Gasteiger partial charge in [-0.2, -0.15) is 8.78 Å². The molecule has 0 radical (unpaired) electrons. The highest BCUT2D eigenvalue weighted by atomic mass is 35.5. The maximum absolute atomic E-state index is 12.6. The lowest BCUT2D eigenvalue weighted by Crippen LogP contribution is -2.48. The molecule has 0 N–H and O–H groups in total. The minimum atomic E-state index is -4.66. The molecule has 9 heteroatoms. The van der Waals surface area contributed by atoms with Crippen molar-refractivity contribution in [1.29, 1.82) is 0 Å². The number of sulfone groups is 1. The molecule has 0 spiro atoms. The van der Waals surface area contributed by atoms with Crippen LogP contribution in [0.5, 0.6) is 0 Å². The number of alkyl halides is 2. The first-order valence-electron chi connectivity index (χ1n) is 8.21. The van der Waals surface area contributed by atoms with Crippen LogP contribution in [0.15, 0.2) is 53.4 Å². The molecule has 1 fully saturated rings. The Labute approximate surface area is 161 Å². The van der Waals surface area contributed by atoms with Crippen molar-refractivity contribution < 1.29 is 22.0 Å². The molecule has 1 saturated heterocycles. The molecule has 0 unspecified atom stereocenters. The van der Waals surface area contributed by atoms with Crippen molar-refractivity contribution in [3.05, 3.63) is 59.1 Å². The SMILES string of the molecule is O=C(c1ccc(S(=O)(=O)C(F)F)cc1)N1CCN(c2cccc(Cl)c2)CC1. The van der Waals surface area contributed by atoms with E-state index < -0.39 is 20.5 Å². The summed E-state index contributed by atoms with van der Waals surface area (Å²) in [7, 11) is -4.66. The van der Waals surface area contributed by atoms with Crippen molar-refractivity contribution in [2.45, 2.75) is 10.7 Å². The molecular formula is C18H17ClF2N2O3S. The average molecular weight is 415 g/mol. The standard InChI is InChI=1S/C18H17ClF2N2O3S/c19-14-2-1-3-15(12-14)22-8-10-23(11-9-22)17(24)13-4-6-16(7-5-13)27(25,26)18(20)21/h1-7,12,18H,8-11H2. The number of carbonyl (C=O) groups is 1. The second-order valence-corrected chi connectivity index (χ2v) is 8.44. The maximum atomic E-state index is 12.6. The third-order valence-corrected chi connectivity index (χ3v) is 6.04. The van der Waals surface area contributed by atoms with Crippen molar-refractivity contribution in [2.75, 3.05) is 31.1 Å². The molecule has 0 atom stereocenters. The molecule has 1 amide bonds. The maximum Gasteiger partial charge on any atom is 0.341 e. The van der Waals surface area contributed by atoms with E-state index in [1.807, 2.05) is 18.2 Å². The Morgan fingerprint density at radius 2 is 1.63 bits per heavy atom. The Morgan fingerprint density at radius 1 is 1.00 bits per heavy atom. The van der Waals surface area contributed by atoms with Crippen LogP contribution in [0, 0.1) is 0 Å². The highest BCUT2D eigenvalue weighted by Gasteiger charge is 2.27. The van der Waals surface area contributed by atoms with Crippen molar-refractivity contribution in [3.8, 4) is 0 Å². The smallest absolute Gasteiger partial charge is 0.341 e. The second-order valence-electron chi connectivity index (χ2n) is 6.09. The quantitative estimate of drug-likeness (QED) is 0.770. The molecule has 144 valence electrons. The van der Waals surface area contributed by atoms with Crippen molar-refractivity contribution in [2.24, 2.45) is 0 Å². The van der Waals surface area contributed by atoms with Crippen LogP contribution in [0.4, 0.5) is 14.5 Å². The van der Waals surface area contributed by atoms with E-state index in [1.54, 1.807) is 11.0 Å². The van der Waals surface area contributed by atoms with E-state index in [-0.39, 0.29) is 11.5 Å². The van der Waals surface area contributed by atoms with Gasteiger partial charge >= 0.3 is 5.76 Å². The lowest BCUT2D eigenvalue weighted by atomic mass is 10.1. The minimum Gasteiger partial charge on any atom is -0.368 e. The average Bonchev–Trinajstić information content (AvgIpc) is 2.67. The minimum absolute atomic E-state index is 0.262. The molecule has 1 heterocycles. The largest absolute Gasteiger partial charge is 0.368 e. The first-order valence-corrected chi connectivity index (χ1v) is 10.1. The van der Waals surface area contributed by atoms with Gasteiger partial charge < -0.3 is 9.80 Å². The van der Waals surface area contributed by atoms with Gasteiger partial charge in [0.05, 0.1) is 4.90 Å². The van der Waals surface area contributed by atoms with Crippen LogP contribution in [-0.2, 0) is 9.84 Å². The molecule has 0 aromatic heterocycles. The number of amides is 1. The Hall–Kier alpha value is -2.19. The van der Waals surface area contributed by atoms with E-state index in [2.05, 4.69) is 4.90 Å². The predicted molar refractivity (Wildman–Crippen MR) is 99.2 cm³/mol. The molecule has 0 saturated carbocycles. The monoisotopic (exact) mass is 414 g/mol. The summed E-state index contributed by atoms with van der Waals surface area (Å²) >= 11 is 6.01. The first-order chi connectivity index (χ1) is 12.8. The van der Waals surface area contributed by atoms with Crippen molar-refractivity contribution in [1.82, 2.24) is 4.90 Å². The molecule has 2 aromatic rings. The van der Waals surface area contributed by atoms with Gasteiger partial charge in [0, 0.05) is 42.5 Å². The topological polar surface area (TPSA) is 57.7 Å². The molecule has 0 aliphatic carbocycles. The molecular weight excluding hydrogens is 398 g/mol. The summed E-state index contributed by atoms with van der Waals surface area (Å²) in [6.45, 7) is 2.23. The summed E-state index contributed by atoms with van der Waals surface area (Å²) in [5, 5.41) is 0.643. The number of halogens is 3. The number of rotatable bonds is 4. The van der Waals surface area contributed by atoms with Crippen LogP contribution in [0.25, 0.3) is 0 Å². The summed E-state index contributed by atoms with van der Waals surface area (Å²) in [6.07, 6.45) is 0. The lowest BCUT2D eigenvalue weighted by Gasteiger charge is -2.36. The first kappa shape index (κ1) is 19.6. The zero-order valence-electron chi connectivity index (χ0n) is 14.2. The fraction of sp³-hybridized carbons (Fsp3) is 0.278. The van der Waals surface area contributed by atoms with Gasteiger partial charge in [0.25, 0.3) is 5.91 Å². The Kier molecular flexibility index (Phi) is 5.67. The Bertz CT molecular complexity index is 928. The highest BCUT2D eigenvalue weighted by molar-refractivity contribution is 7.91. The van der Waals surface area contributed by atoms with Gasteiger partial charge in [0.1, 0.15) is 0 Å². The Morgan fingerprint density at radius 3 is 2.19 bits per heavy atom. The zero-order valence-corrected chi connectivity index (χ0v) is 15.8. The van der Waals surface area contributed by atoms with Gasteiger partial charge in [-0.1, -0.05) is 17.7 Å². The number of hydrogen-bond donors (Lipinski definition) is 0. The number of hydrogen-bond acceptors (Lipinski definition) is 4. The fourth-order valence-electron chi connectivity index (χ4n) is 2.91. The van der Waals surface area contributed by atoms with E-state index in [0.717, 1.165) is 17.8 Å². The van der Waals surface area contributed by atoms with Gasteiger partial charge in [-0.3, -0.25) is 4.79 Å². The third kappa shape index (κ3) is 4.22. The molecule has 5 nitrogen and oxygen atoms in total. The van der Waals surface area contributed by atoms with Gasteiger partial charge in [0.2, 0.25) is 9.84 Å². The number of anilines is 1. The molecule has 1 aliphatic rings. The molecule has 1 aliphatic heterocycles. The van der Waals surface area contributed by atoms with Gasteiger partial charge in [-0.05, 0) is 42.5 Å². The van der Waals surface area contributed by atoms with Crippen molar-refractivity contribution in [3.63, 3.8) is 0 Å². The molecule has 0 bridgehead atoms. The van der Waals surface area contributed by atoms with E-state index >= 15 is 0 Å². The normalized spacial score (nSPS) is 15.3. The highest BCUT2D eigenvalue weighted by Crippen LogP contribution is 2.22. The zero-order chi connectivity index (χ0) is 19.6. The van der Waals surface area contributed by atoms with E-state index in [0.29, 0.717) is 31.2 Å². The van der Waals surface area contributed by atoms with Gasteiger partial charge in [-0.25, -0.2) is 8.42 Å².